The van der Waals surface area contributed by atoms with Crippen molar-refractivity contribution in [1.29, 1.82) is 0 Å². The van der Waals surface area contributed by atoms with Crippen LogP contribution in [0.25, 0.3) is 0 Å². The molecule has 0 unspecified atom stereocenters. The number of carbonyl (C=O) groups is 1. The summed E-state index contributed by atoms with van der Waals surface area (Å²) in [5.74, 6) is 0.599. The van der Waals surface area contributed by atoms with Crippen molar-refractivity contribution in [2.45, 2.75) is 40.9 Å². The molecule has 0 spiro atoms. The molecule has 0 aliphatic heterocycles. The first kappa shape index (κ1) is 21.6. The van der Waals surface area contributed by atoms with E-state index in [1.807, 2.05) is 63.2 Å². The van der Waals surface area contributed by atoms with E-state index < -0.39 is 0 Å². The van der Waals surface area contributed by atoms with Gasteiger partial charge in [-0.2, -0.15) is 0 Å². The van der Waals surface area contributed by atoms with Gasteiger partial charge in [-0.1, -0.05) is 48.0 Å². The van der Waals surface area contributed by atoms with Crippen LogP contribution in [0.15, 0.2) is 60.7 Å². The van der Waals surface area contributed by atoms with Gasteiger partial charge in [-0.25, -0.2) is 0 Å². The Hall–Kier alpha value is -3.11. The summed E-state index contributed by atoms with van der Waals surface area (Å²) in [6.07, 6.45) is 0. The summed E-state index contributed by atoms with van der Waals surface area (Å²) in [6, 6.07) is 19.6. The Kier molecular flexibility index (Phi) is 7.26. The molecule has 0 saturated heterocycles. The van der Waals surface area contributed by atoms with Gasteiger partial charge in [0.2, 0.25) is 0 Å². The predicted octanol–water partition coefficient (Wildman–Crippen LogP) is 5.98. The molecule has 0 radical (unpaired) electrons. The van der Waals surface area contributed by atoms with E-state index in [1.165, 1.54) is 5.56 Å². The van der Waals surface area contributed by atoms with Gasteiger partial charge in [0.05, 0.1) is 19.8 Å². The topological polar surface area (TPSA) is 47.6 Å². The molecule has 0 saturated carbocycles. The van der Waals surface area contributed by atoms with Gasteiger partial charge in [0, 0.05) is 16.8 Å². The molecular formula is C26H29NO3. The third-order valence-electron chi connectivity index (χ3n) is 4.91. The quantitative estimate of drug-likeness (QED) is 0.503. The van der Waals surface area contributed by atoms with Crippen LogP contribution in [0.4, 0.5) is 5.69 Å². The first-order chi connectivity index (χ1) is 14.5. The fraction of sp³-hybridized carbons (Fsp3) is 0.269. The van der Waals surface area contributed by atoms with Gasteiger partial charge < -0.3 is 14.8 Å². The van der Waals surface area contributed by atoms with Crippen molar-refractivity contribution in [3.05, 3.63) is 94.0 Å². The molecule has 30 heavy (non-hydrogen) atoms. The van der Waals surface area contributed by atoms with Crippen molar-refractivity contribution in [2.24, 2.45) is 0 Å². The minimum Gasteiger partial charge on any atom is -0.494 e. The van der Waals surface area contributed by atoms with E-state index in [-0.39, 0.29) is 5.91 Å². The Balaban J connectivity index is 1.76. The molecule has 0 aliphatic rings. The largest absolute Gasteiger partial charge is 0.494 e. The number of ether oxygens (including phenoxy) is 2. The average molecular weight is 404 g/mol. The number of rotatable bonds is 8. The molecule has 3 aromatic carbocycles. The van der Waals surface area contributed by atoms with Crippen molar-refractivity contribution in [3.8, 4) is 5.75 Å². The van der Waals surface area contributed by atoms with Crippen LogP contribution in [-0.4, -0.2) is 12.5 Å². The first-order valence-electron chi connectivity index (χ1n) is 10.2. The third kappa shape index (κ3) is 5.49. The number of benzene rings is 3. The van der Waals surface area contributed by atoms with Crippen LogP contribution in [-0.2, 0) is 18.0 Å². The fourth-order valence-electron chi connectivity index (χ4n) is 3.55. The molecule has 1 amide bonds. The van der Waals surface area contributed by atoms with Crippen LogP contribution < -0.4 is 10.1 Å². The Morgan fingerprint density at radius 3 is 2.27 bits per heavy atom. The Labute approximate surface area is 178 Å². The highest BCUT2D eigenvalue weighted by Gasteiger charge is 2.14. The van der Waals surface area contributed by atoms with Gasteiger partial charge in [-0.05, 0) is 62.6 Å². The molecule has 0 atom stereocenters. The smallest absolute Gasteiger partial charge is 0.255 e. The number of anilines is 1. The summed E-state index contributed by atoms with van der Waals surface area (Å²) < 4.78 is 11.6. The minimum absolute atomic E-state index is 0.141. The molecule has 4 nitrogen and oxygen atoms in total. The molecule has 3 aromatic rings. The lowest BCUT2D eigenvalue weighted by atomic mass is 10.0. The zero-order valence-electron chi connectivity index (χ0n) is 18.1. The lowest BCUT2D eigenvalue weighted by molar-refractivity contribution is 0.101. The van der Waals surface area contributed by atoms with E-state index in [9.17, 15) is 4.79 Å². The van der Waals surface area contributed by atoms with Crippen LogP contribution in [0, 0.1) is 20.8 Å². The summed E-state index contributed by atoms with van der Waals surface area (Å²) in [6.45, 7) is 9.45. The van der Waals surface area contributed by atoms with Crippen LogP contribution in [0.1, 0.15) is 45.1 Å². The van der Waals surface area contributed by atoms with E-state index in [0.717, 1.165) is 33.7 Å². The molecular weight excluding hydrogens is 374 g/mol. The maximum atomic E-state index is 12.9. The zero-order valence-corrected chi connectivity index (χ0v) is 18.1. The lowest BCUT2D eigenvalue weighted by Gasteiger charge is -2.15. The minimum atomic E-state index is -0.141. The second-order valence-electron chi connectivity index (χ2n) is 7.46. The van der Waals surface area contributed by atoms with E-state index >= 15 is 0 Å². The third-order valence-corrected chi connectivity index (χ3v) is 4.91. The standard InChI is InChI=1S/C26H29NO3/c1-5-30-24-12-11-22(15-23(24)17-29-16-21-9-7-6-8-10-21)26(28)27-25-19(3)13-18(2)14-20(25)4/h6-15H,5,16-17H2,1-4H3,(H,27,28). The summed E-state index contributed by atoms with van der Waals surface area (Å²) in [5, 5.41) is 3.06. The lowest BCUT2D eigenvalue weighted by Crippen LogP contribution is -2.14. The number of carbonyl (C=O) groups excluding carboxylic acids is 1. The fourth-order valence-corrected chi connectivity index (χ4v) is 3.55. The second-order valence-corrected chi connectivity index (χ2v) is 7.46. The number of nitrogens with one attached hydrogen (secondary N) is 1. The second kappa shape index (κ2) is 10.1. The average Bonchev–Trinajstić information content (AvgIpc) is 2.72. The van der Waals surface area contributed by atoms with E-state index in [1.54, 1.807) is 6.07 Å². The number of hydrogen-bond donors (Lipinski definition) is 1. The summed E-state index contributed by atoms with van der Waals surface area (Å²) in [7, 11) is 0. The molecule has 156 valence electrons. The molecule has 4 heteroatoms. The van der Waals surface area contributed by atoms with E-state index in [4.69, 9.17) is 9.47 Å². The van der Waals surface area contributed by atoms with Gasteiger partial charge in [-0.15, -0.1) is 0 Å². The Bertz CT molecular complexity index is 989. The molecule has 3 rings (SSSR count). The Morgan fingerprint density at radius 1 is 0.900 bits per heavy atom. The van der Waals surface area contributed by atoms with Gasteiger partial charge in [0.1, 0.15) is 5.75 Å². The molecule has 0 bridgehead atoms. The monoisotopic (exact) mass is 403 g/mol. The van der Waals surface area contributed by atoms with Crippen molar-refractivity contribution in [2.75, 3.05) is 11.9 Å². The van der Waals surface area contributed by atoms with Gasteiger partial charge in [-0.3, -0.25) is 4.79 Å². The zero-order chi connectivity index (χ0) is 21.5. The van der Waals surface area contributed by atoms with Crippen LogP contribution in [0.2, 0.25) is 0 Å². The van der Waals surface area contributed by atoms with E-state index in [2.05, 4.69) is 24.4 Å². The number of aryl methyl sites for hydroxylation is 3. The summed E-state index contributed by atoms with van der Waals surface area (Å²) >= 11 is 0. The van der Waals surface area contributed by atoms with Crippen molar-refractivity contribution in [1.82, 2.24) is 0 Å². The van der Waals surface area contributed by atoms with Gasteiger partial charge >= 0.3 is 0 Å². The van der Waals surface area contributed by atoms with Gasteiger partial charge in [0.25, 0.3) is 5.91 Å². The van der Waals surface area contributed by atoms with Crippen molar-refractivity contribution < 1.29 is 14.3 Å². The highest BCUT2D eigenvalue weighted by Crippen LogP contribution is 2.25. The normalized spacial score (nSPS) is 10.7. The van der Waals surface area contributed by atoms with Crippen LogP contribution >= 0.6 is 0 Å². The summed E-state index contributed by atoms with van der Waals surface area (Å²) in [5.41, 5.74) is 6.70. The van der Waals surface area contributed by atoms with E-state index in [0.29, 0.717) is 25.4 Å². The number of amides is 1. The molecule has 0 fully saturated rings. The predicted molar refractivity (Wildman–Crippen MR) is 121 cm³/mol. The molecule has 0 heterocycles. The highest BCUT2D eigenvalue weighted by molar-refractivity contribution is 6.05. The van der Waals surface area contributed by atoms with Crippen molar-refractivity contribution in [3.63, 3.8) is 0 Å². The van der Waals surface area contributed by atoms with Crippen LogP contribution in [0.3, 0.4) is 0 Å². The van der Waals surface area contributed by atoms with Crippen molar-refractivity contribution >= 4 is 11.6 Å². The molecule has 0 aromatic heterocycles. The maximum Gasteiger partial charge on any atom is 0.255 e. The van der Waals surface area contributed by atoms with Gasteiger partial charge in [0.15, 0.2) is 0 Å². The summed E-state index contributed by atoms with van der Waals surface area (Å²) in [4.78, 5) is 12.9. The molecule has 1 N–H and O–H groups in total. The highest BCUT2D eigenvalue weighted by atomic mass is 16.5. The van der Waals surface area contributed by atoms with Crippen LogP contribution in [0.5, 0.6) is 5.75 Å². The molecule has 0 aliphatic carbocycles. The Morgan fingerprint density at radius 2 is 1.60 bits per heavy atom. The SMILES string of the molecule is CCOc1ccc(C(=O)Nc2c(C)cc(C)cc2C)cc1COCc1ccccc1. The maximum absolute atomic E-state index is 12.9. The first-order valence-corrected chi connectivity index (χ1v) is 10.2. The number of hydrogen-bond acceptors (Lipinski definition) is 3.